The van der Waals surface area contributed by atoms with Gasteiger partial charge in [-0.2, -0.15) is 0 Å². The summed E-state index contributed by atoms with van der Waals surface area (Å²) in [6.07, 6.45) is 9.38. The predicted molar refractivity (Wildman–Crippen MR) is 108 cm³/mol. The number of fused-ring (bicyclic) bond motifs is 3. The van der Waals surface area contributed by atoms with Gasteiger partial charge in [0.15, 0.2) is 0 Å². The van der Waals surface area contributed by atoms with Crippen LogP contribution in [-0.4, -0.2) is 33.7 Å². The minimum atomic E-state index is -0.386. The van der Waals surface area contributed by atoms with Crippen LogP contribution in [0.15, 0.2) is 11.4 Å². The summed E-state index contributed by atoms with van der Waals surface area (Å²) in [5.41, 5.74) is 1.35. The van der Waals surface area contributed by atoms with Crippen molar-refractivity contribution in [1.29, 1.82) is 0 Å². The summed E-state index contributed by atoms with van der Waals surface area (Å²) in [7, 11) is 0. The number of hydrogen-bond donors (Lipinski definition) is 2. The molecule has 2 aliphatic carbocycles. The second-order valence-corrected chi connectivity index (χ2v) is 9.44. The fourth-order valence-corrected chi connectivity index (χ4v) is 6.16. The lowest BCUT2D eigenvalue weighted by Crippen LogP contribution is -2.48. The van der Waals surface area contributed by atoms with Gasteiger partial charge in [-0.3, -0.25) is 10.1 Å². The Kier molecular flexibility index (Phi) is 5.63. The number of nitrogens with zero attached hydrogens (tertiary/aromatic N) is 2. The molecule has 144 valence electrons. The number of hydrogen-bond acceptors (Lipinski definition) is 6. The maximum Gasteiger partial charge on any atom is 0.321 e. The number of aryl methyl sites for hydroxylation is 2. The summed E-state index contributed by atoms with van der Waals surface area (Å²) in [4.78, 5) is 35.5. The first-order valence-corrected chi connectivity index (χ1v) is 11.4. The molecule has 1 fully saturated rings. The number of thioether (sulfide) groups is 1. The Morgan fingerprint density at radius 1 is 1.22 bits per heavy atom. The van der Waals surface area contributed by atoms with Crippen molar-refractivity contribution < 1.29 is 9.59 Å². The number of carbonyl (C=O) groups excluding carboxylic acids is 2. The van der Waals surface area contributed by atoms with Crippen molar-refractivity contribution in [3.63, 3.8) is 0 Å². The molecule has 2 heterocycles. The SMILES string of the molecule is C[C@H]1CCCC[C@H]1NC(=O)NC(=O)CSc1ncnc2sc3c(c12)CCC3. The van der Waals surface area contributed by atoms with E-state index in [1.54, 1.807) is 17.7 Å². The first-order chi connectivity index (χ1) is 13.1. The molecule has 0 aromatic carbocycles. The van der Waals surface area contributed by atoms with Gasteiger partial charge < -0.3 is 5.32 Å². The number of carbonyl (C=O) groups is 2. The third-order valence-electron chi connectivity index (χ3n) is 5.49. The van der Waals surface area contributed by atoms with Gasteiger partial charge in [-0.25, -0.2) is 14.8 Å². The summed E-state index contributed by atoms with van der Waals surface area (Å²) in [6.45, 7) is 2.15. The molecule has 0 unspecified atom stereocenters. The van der Waals surface area contributed by atoms with E-state index in [0.29, 0.717) is 5.92 Å². The largest absolute Gasteiger partial charge is 0.335 e. The highest BCUT2D eigenvalue weighted by Crippen LogP contribution is 2.39. The van der Waals surface area contributed by atoms with Crippen LogP contribution in [0, 0.1) is 5.92 Å². The molecule has 0 radical (unpaired) electrons. The molecule has 2 N–H and O–H groups in total. The fraction of sp³-hybridized carbons (Fsp3) is 0.579. The Hall–Kier alpha value is -1.67. The van der Waals surface area contributed by atoms with Crippen molar-refractivity contribution in [2.45, 2.75) is 62.9 Å². The van der Waals surface area contributed by atoms with E-state index in [1.807, 2.05) is 0 Å². The molecule has 2 atom stereocenters. The quantitative estimate of drug-likeness (QED) is 0.600. The monoisotopic (exact) mass is 404 g/mol. The number of urea groups is 1. The van der Waals surface area contributed by atoms with Crippen molar-refractivity contribution in [2.75, 3.05) is 5.75 Å². The average molecular weight is 405 g/mol. The van der Waals surface area contributed by atoms with Crippen LogP contribution in [0.3, 0.4) is 0 Å². The summed E-state index contributed by atoms with van der Waals surface area (Å²) in [5, 5.41) is 7.36. The maximum atomic E-state index is 12.2. The smallest absolute Gasteiger partial charge is 0.321 e. The first kappa shape index (κ1) is 18.7. The van der Waals surface area contributed by atoms with Crippen LogP contribution in [0.5, 0.6) is 0 Å². The Morgan fingerprint density at radius 2 is 2.07 bits per heavy atom. The van der Waals surface area contributed by atoms with Gasteiger partial charge in [-0.05, 0) is 43.6 Å². The molecule has 6 nitrogen and oxygen atoms in total. The lowest BCUT2D eigenvalue weighted by Gasteiger charge is -2.29. The number of imide groups is 1. The number of aromatic nitrogens is 2. The van der Waals surface area contributed by atoms with E-state index in [0.717, 1.165) is 47.3 Å². The lowest BCUT2D eigenvalue weighted by molar-refractivity contribution is -0.117. The number of nitrogens with one attached hydrogen (secondary N) is 2. The number of amides is 3. The normalized spacial score (nSPS) is 21.8. The van der Waals surface area contributed by atoms with Crippen LogP contribution >= 0.6 is 23.1 Å². The highest BCUT2D eigenvalue weighted by atomic mass is 32.2. The molecule has 2 aliphatic rings. The van der Waals surface area contributed by atoms with E-state index in [2.05, 4.69) is 27.5 Å². The van der Waals surface area contributed by atoms with E-state index in [4.69, 9.17) is 0 Å². The molecular formula is C19H24N4O2S2. The van der Waals surface area contributed by atoms with Crippen LogP contribution in [0.4, 0.5) is 4.79 Å². The average Bonchev–Trinajstić information content (AvgIpc) is 3.23. The van der Waals surface area contributed by atoms with E-state index in [1.165, 1.54) is 35.0 Å². The Bertz CT molecular complexity index is 867. The van der Waals surface area contributed by atoms with Gasteiger partial charge in [-0.1, -0.05) is 31.5 Å². The summed E-state index contributed by atoms with van der Waals surface area (Å²) in [6, 6.07) is -0.224. The Balaban J connectivity index is 1.34. The summed E-state index contributed by atoms with van der Waals surface area (Å²) >= 11 is 3.12. The lowest BCUT2D eigenvalue weighted by atomic mass is 9.86. The fourth-order valence-electron chi connectivity index (χ4n) is 4.04. The van der Waals surface area contributed by atoms with Gasteiger partial charge in [0.05, 0.1) is 5.75 Å². The van der Waals surface area contributed by atoms with Crippen molar-refractivity contribution in [3.8, 4) is 0 Å². The van der Waals surface area contributed by atoms with Gasteiger partial charge in [0.2, 0.25) is 5.91 Å². The van der Waals surface area contributed by atoms with Crippen LogP contribution < -0.4 is 10.6 Å². The molecule has 4 rings (SSSR count). The molecular weight excluding hydrogens is 380 g/mol. The first-order valence-electron chi connectivity index (χ1n) is 9.60. The topological polar surface area (TPSA) is 84.0 Å². The maximum absolute atomic E-state index is 12.2. The second-order valence-electron chi connectivity index (χ2n) is 7.39. The minimum Gasteiger partial charge on any atom is -0.335 e. The molecule has 2 aromatic rings. The molecule has 2 aromatic heterocycles. The van der Waals surface area contributed by atoms with E-state index >= 15 is 0 Å². The van der Waals surface area contributed by atoms with Crippen molar-refractivity contribution in [1.82, 2.24) is 20.6 Å². The van der Waals surface area contributed by atoms with Crippen molar-refractivity contribution in [2.24, 2.45) is 5.92 Å². The molecule has 8 heteroatoms. The Morgan fingerprint density at radius 3 is 2.93 bits per heavy atom. The standard InChI is InChI=1S/C19H24N4O2S2/c1-11-5-2-3-7-13(11)22-19(25)23-15(24)9-26-17-16-12-6-4-8-14(12)27-18(16)21-10-20-17/h10-11,13H,2-9H2,1H3,(H2,22,23,24,25)/t11-,13+/m0/s1. The van der Waals surface area contributed by atoms with E-state index in [-0.39, 0.29) is 23.7 Å². The molecule has 0 bridgehead atoms. The van der Waals surface area contributed by atoms with Crippen LogP contribution in [0.2, 0.25) is 0 Å². The van der Waals surface area contributed by atoms with Gasteiger partial charge >= 0.3 is 6.03 Å². The second kappa shape index (κ2) is 8.14. The highest BCUT2D eigenvalue weighted by Gasteiger charge is 2.24. The van der Waals surface area contributed by atoms with Crippen LogP contribution in [0.25, 0.3) is 10.2 Å². The van der Waals surface area contributed by atoms with Gasteiger partial charge in [-0.15, -0.1) is 11.3 Å². The van der Waals surface area contributed by atoms with Gasteiger partial charge in [0.1, 0.15) is 16.2 Å². The van der Waals surface area contributed by atoms with Gasteiger partial charge in [0, 0.05) is 16.3 Å². The molecule has 3 amide bonds. The predicted octanol–water partition coefficient (Wildman–Crippen LogP) is 3.68. The Labute approximate surface area is 166 Å². The zero-order valence-electron chi connectivity index (χ0n) is 15.4. The molecule has 1 saturated carbocycles. The third kappa shape index (κ3) is 4.11. The number of rotatable bonds is 4. The van der Waals surface area contributed by atoms with Crippen LogP contribution in [-0.2, 0) is 17.6 Å². The molecule has 0 spiro atoms. The molecule has 0 aliphatic heterocycles. The number of thiophene rings is 1. The van der Waals surface area contributed by atoms with E-state index < -0.39 is 0 Å². The summed E-state index contributed by atoms with van der Waals surface area (Å²) < 4.78 is 0. The summed E-state index contributed by atoms with van der Waals surface area (Å²) in [5.74, 6) is 0.341. The molecule has 27 heavy (non-hydrogen) atoms. The van der Waals surface area contributed by atoms with Crippen molar-refractivity contribution >= 4 is 45.3 Å². The van der Waals surface area contributed by atoms with Crippen molar-refractivity contribution in [3.05, 3.63) is 16.8 Å². The van der Waals surface area contributed by atoms with Crippen LogP contribution in [0.1, 0.15) is 49.5 Å². The molecule has 0 saturated heterocycles. The highest BCUT2D eigenvalue weighted by molar-refractivity contribution is 8.00. The zero-order chi connectivity index (χ0) is 18.8. The van der Waals surface area contributed by atoms with E-state index in [9.17, 15) is 9.59 Å². The minimum absolute atomic E-state index is 0.161. The third-order valence-corrected chi connectivity index (χ3v) is 7.68. The zero-order valence-corrected chi connectivity index (χ0v) is 17.0. The van der Waals surface area contributed by atoms with Gasteiger partial charge in [0.25, 0.3) is 0 Å².